The topological polar surface area (TPSA) is 65.4 Å². The standard InChI is InChI=1S/C21H21N3O3/c1-2-18-17(12-23-24(18)13-15-6-4-3-5-7-15)21(25)22-11-16-8-9-19-20(10-16)27-14-26-19/h3-10,12H,2,11,13-14H2,1H3,(H,22,25). The molecule has 4 rings (SSSR count). The molecule has 3 aromatic rings. The average Bonchev–Trinajstić information content (AvgIpc) is 3.33. The van der Waals surface area contributed by atoms with E-state index in [1.54, 1.807) is 6.20 Å². The molecule has 1 amide bonds. The van der Waals surface area contributed by atoms with Gasteiger partial charge >= 0.3 is 0 Å². The number of ether oxygens (including phenoxy) is 2. The highest BCUT2D eigenvalue weighted by atomic mass is 16.7. The normalized spacial score (nSPS) is 12.2. The van der Waals surface area contributed by atoms with E-state index in [2.05, 4.69) is 22.5 Å². The molecular formula is C21H21N3O3. The molecule has 1 aliphatic rings. The molecule has 0 unspecified atom stereocenters. The van der Waals surface area contributed by atoms with Gasteiger partial charge in [0.1, 0.15) is 0 Å². The fourth-order valence-corrected chi connectivity index (χ4v) is 3.19. The molecule has 2 aromatic carbocycles. The minimum Gasteiger partial charge on any atom is -0.454 e. The Morgan fingerprint density at radius 3 is 2.74 bits per heavy atom. The average molecular weight is 363 g/mol. The van der Waals surface area contributed by atoms with E-state index >= 15 is 0 Å². The second-order valence-electron chi connectivity index (χ2n) is 6.37. The molecule has 2 heterocycles. The summed E-state index contributed by atoms with van der Waals surface area (Å²) in [6, 6.07) is 15.8. The Labute approximate surface area is 157 Å². The molecule has 0 atom stereocenters. The largest absolute Gasteiger partial charge is 0.454 e. The third-order valence-corrected chi connectivity index (χ3v) is 4.59. The van der Waals surface area contributed by atoms with Crippen LogP contribution in [0.25, 0.3) is 0 Å². The Morgan fingerprint density at radius 1 is 1.11 bits per heavy atom. The van der Waals surface area contributed by atoms with E-state index in [0.29, 0.717) is 24.4 Å². The molecule has 27 heavy (non-hydrogen) atoms. The van der Waals surface area contributed by atoms with Gasteiger partial charge in [0.05, 0.1) is 24.0 Å². The zero-order valence-corrected chi connectivity index (χ0v) is 15.1. The van der Waals surface area contributed by atoms with Gasteiger partial charge in [-0.2, -0.15) is 5.10 Å². The molecule has 0 saturated carbocycles. The fraction of sp³-hybridized carbons (Fsp3) is 0.238. The number of fused-ring (bicyclic) bond motifs is 1. The van der Waals surface area contributed by atoms with Gasteiger partial charge in [-0.05, 0) is 29.7 Å². The Balaban J connectivity index is 1.45. The third kappa shape index (κ3) is 3.65. The second-order valence-corrected chi connectivity index (χ2v) is 6.37. The number of hydrogen-bond acceptors (Lipinski definition) is 4. The van der Waals surface area contributed by atoms with Crippen LogP contribution in [-0.4, -0.2) is 22.5 Å². The summed E-state index contributed by atoms with van der Waals surface area (Å²) in [7, 11) is 0. The Bertz CT molecular complexity index is 951. The first-order valence-corrected chi connectivity index (χ1v) is 9.00. The van der Waals surface area contributed by atoms with Crippen molar-refractivity contribution in [2.75, 3.05) is 6.79 Å². The van der Waals surface area contributed by atoms with Crippen LogP contribution in [0, 0.1) is 0 Å². The minimum absolute atomic E-state index is 0.121. The van der Waals surface area contributed by atoms with Crippen molar-refractivity contribution in [3.8, 4) is 11.5 Å². The van der Waals surface area contributed by atoms with Gasteiger partial charge in [-0.3, -0.25) is 9.48 Å². The van der Waals surface area contributed by atoms with Crippen LogP contribution >= 0.6 is 0 Å². The lowest BCUT2D eigenvalue weighted by molar-refractivity contribution is 0.0949. The molecule has 0 radical (unpaired) electrons. The van der Waals surface area contributed by atoms with Gasteiger partial charge < -0.3 is 14.8 Å². The van der Waals surface area contributed by atoms with Crippen LogP contribution in [0.15, 0.2) is 54.7 Å². The van der Waals surface area contributed by atoms with Gasteiger partial charge in [0.15, 0.2) is 11.5 Å². The van der Waals surface area contributed by atoms with E-state index in [9.17, 15) is 4.79 Å². The van der Waals surface area contributed by atoms with Crippen molar-refractivity contribution in [2.24, 2.45) is 0 Å². The maximum atomic E-state index is 12.7. The molecule has 6 nitrogen and oxygen atoms in total. The molecule has 138 valence electrons. The molecular weight excluding hydrogens is 342 g/mol. The first-order valence-electron chi connectivity index (χ1n) is 9.00. The Kier molecular flexibility index (Phi) is 4.78. The number of hydrogen-bond donors (Lipinski definition) is 1. The van der Waals surface area contributed by atoms with Gasteiger partial charge in [0.25, 0.3) is 5.91 Å². The highest BCUT2D eigenvalue weighted by molar-refractivity contribution is 5.95. The Morgan fingerprint density at radius 2 is 1.93 bits per heavy atom. The lowest BCUT2D eigenvalue weighted by Gasteiger charge is -2.09. The molecule has 1 aliphatic heterocycles. The first kappa shape index (κ1) is 17.1. The number of carbonyl (C=O) groups excluding carboxylic acids is 1. The molecule has 0 saturated heterocycles. The fourth-order valence-electron chi connectivity index (χ4n) is 3.19. The summed E-state index contributed by atoms with van der Waals surface area (Å²) in [4.78, 5) is 12.7. The van der Waals surface area contributed by atoms with E-state index in [0.717, 1.165) is 29.0 Å². The molecule has 6 heteroatoms. The van der Waals surface area contributed by atoms with E-state index < -0.39 is 0 Å². The van der Waals surface area contributed by atoms with Gasteiger partial charge in [-0.1, -0.05) is 43.3 Å². The minimum atomic E-state index is -0.121. The van der Waals surface area contributed by atoms with Crippen LogP contribution in [0.5, 0.6) is 11.5 Å². The number of amides is 1. The summed E-state index contributed by atoms with van der Waals surface area (Å²) >= 11 is 0. The summed E-state index contributed by atoms with van der Waals surface area (Å²) in [5.74, 6) is 1.33. The first-order chi connectivity index (χ1) is 13.2. The van der Waals surface area contributed by atoms with Crippen LogP contribution in [0.2, 0.25) is 0 Å². The van der Waals surface area contributed by atoms with Gasteiger partial charge in [-0.25, -0.2) is 0 Å². The van der Waals surface area contributed by atoms with Crippen LogP contribution in [-0.2, 0) is 19.5 Å². The number of rotatable bonds is 6. The lowest BCUT2D eigenvalue weighted by Crippen LogP contribution is -2.24. The lowest BCUT2D eigenvalue weighted by atomic mass is 10.1. The van der Waals surface area contributed by atoms with Gasteiger partial charge in [-0.15, -0.1) is 0 Å². The molecule has 0 fully saturated rings. The molecule has 0 aliphatic carbocycles. The highest BCUT2D eigenvalue weighted by Gasteiger charge is 2.17. The maximum absolute atomic E-state index is 12.7. The Hall–Kier alpha value is -3.28. The van der Waals surface area contributed by atoms with E-state index in [1.807, 2.05) is 48.0 Å². The number of benzene rings is 2. The molecule has 1 N–H and O–H groups in total. The predicted octanol–water partition coefficient (Wildman–Crippen LogP) is 3.15. The summed E-state index contributed by atoms with van der Waals surface area (Å²) in [6.07, 6.45) is 2.39. The van der Waals surface area contributed by atoms with Crippen molar-refractivity contribution in [2.45, 2.75) is 26.4 Å². The third-order valence-electron chi connectivity index (χ3n) is 4.59. The van der Waals surface area contributed by atoms with Crippen molar-refractivity contribution >= 4 is 5.91 Å². The van der Waals surface area contributed by atoms with E-state index in [-0.39, 0.29) is 12.7 Å². The van der Waals surface area contributed by atoms with Crippen molar-refractivity contribution in [3.63, 3.8) is 0 Å². The number of nitrogens with one attached hydrogen (secondary N) is 1. The van der Waals surface area contributed by atoms with Crippen LogP contribution in [0.4, 0.5) is 0 Å². The smallest absolute Gasteiger partial charge is 0.255 e. The zero-order chi connectivity index (χ0) is 18.6. The predicted molar refractivity (Wildman–Crippen MR) is 101 cm³/mol. The summed E-state index contributed by atoms with van der Waals surface area (Å²) in [5.41, 5.74) is 3.67. The summed E-state index contributed by atoms with van der Waals surface area (Å²) < 4.78 is 12.6. The monoisotopic (exact) mass is 363 g/mol. The summed E-state index contributed by atoms with van der Waals surface area (Å²) in [6.45, 7) is 3.35. The van der Waals surface area contributed by atoms with Crippen LogP contribution < -0.4 is 14.8 Å². The number of carbonyl (C=O) groups is 1. The van der Waals surface area contributed by atoms with Gasteiger partial charge in [0, 0.05) is 6.54 Å². The molecule has 0 spiro atoms. The van der Waals surface area contributed by atoms with Crippen LogP contribution in [0.3, 0.4) is 0 Å². The van der Waals surface area contributed by atoms with E-state index in [1.165, 1.54) is 0 Å². The van der Waals surface area contributed by atoms with Gasteiger partial charge in [0.2, 0.25) is 6.79 Å². The number of nitrogens with zero attached hydrogens (tertiary/aromatic N) is 2. The van der Waals surface area contributed by atoms with Crippen molar-refractivity contribution < 1.29 is 14.3 Å². The summed E-state index contributed by atoms with van der Waals surface area (Å²) in [5, 5.41) is 7.39. The zero-order valence-electron chi connectivity index (χ0n) is 15.1. The highest BCUT2D eigenvalue weighted by Crippen LogP contribution is 2.32. The SMILES string of the molecule is CCc1c(C(=O)NCc2ccc3c(c2)OCO3)cnn1Cc1ccccc1. The van der Waals surface area contributed by atoms with Crippen molar-refractivity contribution in [1.29, 1.82) is 0 Å². The second kappa shape index (κ2) is 7.53. The van der Waals surface area contributed by atoms with Crippen molar-refractivity contribution in [1.82, 2.24) is 15.1 Å². The maximum Gasteiger partial charge on any atom is 0.255 e. The quantitative estimate of drug-likeness (QED) is 0.731. The number of aromatic nitrogens is 2. The van der Waals surface area contributed by atoms with Crippen LogP contribution in [0.1, 0.15) is 34.1 Å². The van der Waals surface area contributed by atoms with E-state index in [4.69, 9.17) is 9.47 Å². The molecule has 1 aromatic heterocycles. The van der Waals surface area contributed by atoms with Crippen molar-refractivity contribution in [3.05, 3.63) is 77.1 Å². The molecule has 0 bridgehead atoms.